The number of fused-ring (bicyclic) bond motifs is 1. The summed E-state index contributed by atoms with van der Waals surface area (Å²) in [6.45, 7) is 5.97. The summed E-state index contributed by atoms with van der Waals surface area (Å²) < 4.78 is 6.71. The topological polar surface area (TPSA) is 120 Å². The van der Waals surface area contributed by atoms with Gasteiger partial charge in [0.05, 0.1) is 34.2 Å². The first-order chi connectivity index (χ1) is 17.1. The number of ether oxygens (including phenoxy) is 1. The van der Waals surface area contributed by atoms with E-state index in [1.165, 1.54) is 12.3 Å². The van der Waals surface area contributed by atoms with Crippen LogP contribution in [0.3, 0.4) is 0 Å². The van der Waals surface area contributed by atoms with Crippen LogP contribution in [0.4, 0.5) is 5.69 Å². The fourth-order valence-corrected chi connectivity index (χ4v) is 4.14. The molecule has 0 saturated heterocycles. The summed E-state index contributed by atoms with van der Waals surface area (Å²) in [7, 11) is 1.61. The Kier molecular flexibility index (Phi) is 6.76. The molecule has 0 amide bonds. The number of para-hydroxylation sites is 1. The van der Waals surface area contributed by atoms with Crippen molar-refractivity contribution in [1.82, 2.24) is 9.66 Å². The van der Waals surface area contributed by atoms with Crippen LogP contribution in [0.1, 0.15) is 36.5 Å². The van der Waals surface area contributed by atoms with E-state index in [9.17, 15) is 20.0 Å². The monoisotopic (exact) mass is 506 g/mol. The lowest BCUT2D eigenvalue weighted by Crippen LogP contribution is -2.20. The van der Waals surface area contributed by atoms with Crippen molar-refractivity contribution in [3.05, 3.63) is 90.7 Å². The summed E-state index contributed by atoms with van der Waals surface area (Å²) in [4.78, 5) is 28.8. The fourth-order valence-electron chi connectivity index (χ4n) is 3.92. The van der Waals surface area contributed by atoms with E-state index in [1.54, 1.807) is 31.4 Å². The minimum Gasteiger partial charge on any atom is -0.501 e. The van der Waals surface area contributed by atoms with Crippen molar-refractivity contribution in [3.63, 3.8) is 0 Å². The number of benzene rings is 3. The number of rotatable bonds is 6. The van der Waals surface area contributed by atoms with Crippen molar-refractivity contribution >= 4 is 34.4 Å². The summed E-state index contributed by atoms with van der Waals surface area (Å²) in [5, 5.41) is 25.7. The maximum absolute atomic E-state index is 13.5. The van der Waals surface area contributed by atoms with Crippen molar-refractivity contribution < 1.29 is 14.8 Å². The number of methoxy groups -OCH3 is 1. The Hall–Kier alpha value is -4.24. The lowest BCUT2D eigenvalue weighted by molar-refractivity contribution is -0.385. The van der Waals surface area contributed by atoms with Crippen LogP contribution < -0.4 is 10.3 Å². The molecule has 184 valence electrons. The van der Waals surface area contributed by atoms with Crippen LogP contribution in [0.25, 0.3) is 22.3 Å². The van der Waals surface area contributed by atoms with Gasteiger partial charge in [-0.2, -0.15) is 9.78 Å². The molecule has 0 aliphatic heterocycles. The highest BCUT2D eigenvalue weighted by molar-refractivity contribution is 6.32. The smallest absolute Gasteiger partial charge is 0.312 e. The second-order valence-corrected chi connectivity index (χ2v) is 8.91. The molecule has 3 aromatic carbocycles. The van der Waals surface area contributed by atoms with Crippen molar-refractivity contribution in [3.8, 4) is 22.9 Å². The van der Waals surface area contributed by atoms with Gasteiger partial charge in [0, 0.05) is 17.2 Å². The first kappa shape index (κ1) is 24.9. The zero-order valence-electron chi connectivity index (χ0n) is 20.0. The standard InChI is InChI=1S/C26H23ClN4O5/c1-14(2)18-12-19(15(3)9-23(18)36-4)25-29-21-8-6-5-7-17(21)26(33)30(25)28-13-16-10-20(27)24(32)22(11-16)31(34)35/h5-14,32H,1-4H3. The van der Waals surface area contributed by atoms with Crippen LogP contribution in [0.15, 0.2) is 58.4 Å². The Bertz CT molecular complexity index is 1590. The Labute approximate surface area is 211 Å². The number of aromatic hydroxyl groups is 1. The molecule has 1 aromatic heterocycles. The van der Waals surface area contributed by atoms with Crippen LogP contribution in [0.2, 0.25) is 5.02 Å². The predicted molar refractivity (Wildman–Crippen MR) is 140 cm³/mol. The Morgan fingerprint density at radius 2 is 1.94 bits per heavy atom. The molecule has 0 spiro atoms. The molecule has 36 heavy (non-hydrogen) atoms. The molecule has 10 heteroatoms. The van der Waals surface area contributed by atoms with Gasteiger partial charge in [0.1, 0.15) is 5.75 Å². The normalized spacial score (nSPS) is 11.5. The number of nitro groups is 1. The van der Waals surface area contributed by atoms with E-state index in [0.29, 0.717) is 22.3 Å². The molecule has 0 aliphatic rings. The number of aryl methyl sites for hydroxylation is 1. The van der Waals surface area contributed by atoms with E-state index in [2.05, 4.69) is 5.10 Å². The van der Waals surface area contributed by atoms with Crippen LogP contribution in [0, 0.1) is 17.0 Å². The van der Waals surface area contributed by atoms with Gasteiger partial charge in [-0.15, -0.1) is 0 Å². The van der Waals surface area contributed by atoms with E-state index < -0.39 is 21.9 Å². The van der Waals surface area contributed by atoms with Gasteiger partial charge in [-0.3, -0.25) is 14.9 Å². The lowest BCUT2D eigenvalue weighted by atomic mass is 9.96. The SMILES string of the molecule is COc1cc(C)c(-c2nc3ccccc3c(=O)n2N=Cc2cc(Cl)c(O)c([N+](=O)[O-])c2)cc1C(C)C. The lowest BCUT2D eigenvalue weighted by Gasteiger charge is -2.17. The maximum atomic E-state index is 13.5. The summed E-state index contributed by atoms with van der Waals surface area (Å²) in [5.41, 5.74) is 2.21. The van der Waals surface area contributed by atoms with E-state index in [1.807, 2.05) is 32.9 Å². The third kappa shape index (κ3) is 4.52. The molecule has 0 fully saturated rings. The third-order valence-corrected chi connectivity index (χ3v) is 6.07. The molecule has 1 N–H and O–H groups in total. The van der Waals surface area contributed by atoms with Crippen molar-refractivity contribution in [1.29, 1.82) is 0 Å². The maximum Gasteiger partial charge on any atom is 0.312 e. The Morgan fingerprint density at radius 1 is 1.22 bits per heavy atom. The van der Waals surface area contributed by atoms with Crippen LogP contribution in [-0.2, 0) is 0 Å². The quantitative estimate of drug-likeness (QED) is 0.205. The van der Waals surface area contributed by atoms with Crippen molar-refractivity contribution in [2.24, 2.45) is 5.10 Å². The van der Waals surface area contributed by atoms with Crippen LogP contribution in [-0.4, -0.2) is 33.0 Å². The van der Waals surface area contributed by atoms with Gasteiger partial charge in [-0.1, -0.05) is 37.6 Å². The fraction of sp³-hybridized carbons (Fsp3) is 0.192. The number of halogens is 1. The summed E-state index contributed by atoms with van der Waals surface area (Å²) in [5.74, 6) is 0.536. The van der Waals surface area contributed by atoms with Crippen molar-refractivity contribution in [2.75, 3.05) is 7.11 Å². The summed E-state index contributed by atoms with van der Waals surface area (Å²) >= 11 is 5.97. The molecule has 0 aliphatic carbocycles. The number of hydrogen-bond acceptors (Lipinski definition) is 7. The highest BCUT2D eigenvalue weighted by Gasteiger charge is 2.20. The first-order valence-electron chi connectivity index (χ1n) is 11.0. The third-order valence-electron chi connectivity index (χ3n) is 5.78. The molecule has 9 nitrogen and oxygen atoms in total. The van der Waals surface area contributed by atoms with Crippen LogP contribution >= 0.6 is 11.6 Å². The predicted octanol–water partition coefficient (Wildman–Crippen LogP) is 5.65. The minimum atomic E-state index is -0.748. The van der Waals surface area contributed by atoms with Crippen molar-refractivity contribution in [2.45, 2.75) is 26.7 Å². The highest BCUT2D eigenvalue weighted by Crippen LogP contribution is 2.35. The number of aromatic nitrogens is 2. The van der Waals surface area contributed by atoms with Gasteiger partial charge in [0.15, 0.2) is 5.82 Å². The molecule has 0 atom stereocenters. The molecule has 4 aromatic rings. The molecule has 0 radical (unpaired) electrons. The minimum absolute atomic E-state index is 0.142. The van der Waals surface area contributed by atoms with E-state index in [0.717, 1.165) is 27.6 Å². The van der Waals surface area contributed by atoms with Gasteiger partial charge in [0.25, 0.3) is 5.56 Å². The molecule has 0 saturated carbocycles. The largest absolute Gasteiger partial charge is 0.501 e. The summed E-state index contributed by atoms with van der Waals surface area (Å²) in [6.07, 6.45) is 1.27. The summed E-state index contributed by atoms with van der Waals surface area (Å²) in [6, 6.07) is 13.2. The van der Waals surface area contributed by atoms with E-state index >= 15 is 0 Å². The highest BCUT2D eigenvalue weighted by atomic mass is 35.5. The Balaban J connectivity index is 1.99. The second-order valence-electron chi connectivity index (χ2n) is 8.51. The number of hydrogen-bond donors (Lipinski definition) is 1. The second kappa shape index (κ2) is 9.79. The van der Waals surface area contributed by atoms with Gasteiger partial charge >= 0.3 is 5.69 Å². The zero-order valence-corrected chi connectivity index (χ0v) is 20.8. The zero-order chi connectivity index (χ0) is 26.1. The molecule has 1 heterocycles. The molecule has 0 unspecified atom stereocenters. The molecule has 4 rings (SSSR count). The van der Waals surface area contributed by atoms with Gasteiger partial charge in [-0.25, -0.2) is 4.98 Å². The molecular weight excluding hydrogens is 484 g/mol. The number of nitro benzene ring substituents is 1. The number of phenolic OH excluding ortho intramolecular Hbond substituents is 1. The van der Waals surface area contributed by atoms with Crippen LogP contribution in [0.5, 0.6) is 11.5 Å². The van der Waals surface area contributed by atoms with E-state index in [4.69, 9.17) is 21.3 Å². The first-order valence-corrected chi connectivity index (χ1v) is 11.4. The molecule has 0 bridgehead atoms. The van der Waals surface area contributed by atoms with E-state index in [-0.39, 0.29) is 16.5 Å². The Morgan fingerprint density at radius 3 is 2.61 bits per heavy atom. The number of phenols is 1. The molecular formula is C26H23ClN4O5. The van der Waals surface area contributed by atoms with Gasteiger partial charge in [-0.05, 0) is 54.3 Å². The average Bonchev–Trinajstić information content (AvgIpc) is 2.84. The average molecular weight is 507 g/mol. The van der Waals surface area contributed by atoms with Gasteiger partial charge in [0.2, 0.25) is 5.75 Å². The number of nitrogens with zero attached hydrogens (tertiary/aromatic N) is 4. The van der Waals surface area contributed by atoms with Gasteiger partial charge < -0.3 is 9.84 Å².